The van der Waals surface area contributed by atoms with Gasteiger partial charge in [-0.15, -0.1) is 24.0 Å². The van der Waals surface area contributed by atoms with E-state index >= 15 is 0 Å². The predicted molar refractivity (Wildman–Crippen MR) is 116 cm³/mol. The second-order valence-electron chi connectivity index (χ2n) is 6.14. The molecule has 0 bridgehead atoms. The molecule has 6 heteroatoms. The second-order valence-corrected chi connectivity index (χ2v) is 6.14. The summed E-state index contributed by atoms with van der Waals surface area (Å²) in [5.41, 5.74) is 5.08. The largest absolute Gasteiger partial charge is 0.357 e. The molecule has 0 saturated heterocycles. The summed E-state index contributed by atoms with van der Waals surface area (Å²) in [5.74, 6) is 0.963. The predicted octanol–water partition coefficient (Wildman–Crippen LogP) is 3.67. The molecule has 0 unspecified atom stereocenters. The Balaban J connectivity index is 0.00000312. The van der Waals surface area contributed by atoms with Crippen LogP contribution in [0.25, 0.3) is 0 Å². The van der Waals surface area contributed by atoms with Crippen LogP contribution in [0.3, 0.4) is 0 Å². The molecule has 5 nitrogen and oxygen atoms in total. The number of guanidine groups is 1. The van der Waals surface area contributed by atoms with Crippen LogP contribution in [0.1, 0.15) is 35.7 Å². The molecule has 0 radical (unpaired) electrons. The van der Waals surface area contributed by atoms with Crippen molar-refractivity contribution in [3.05, 3.63) is 52.8 Å². The molecular formula is C19H30IN5. The number of aromatic amines is 1. The molecule has 0 aliphatic heterocycles. The summed E-state index contributed by atoms with van der Waals surface area (Å²) in [7, 11) is 2.09. The summed E-state index contributed by atoms with van der Waals surface area (Å²) >= 11 is 0. The van der Waals surface area contributed by atoms with Crippen LogP contribution < -0.4 is 5.32 Å². The molecule has 0 saturated carbocycles. The summed E-state index contributed by atoms with van der Waals surface area (Å²) in [6.45, 7) is 8.86. The number of aromatic nitrogens is 2. The van der Waals surface area contributed by atoms with E-state index in [0.717, 1.165) is 44.1 Å². The molecule has 0 spiro atoms. The van der Waals surface area contributed by atoms with Gasteiger partial charge in [0, 0.05) is 32.4 Å². The molecule has 1 aromatic carbocycles. The van der Waals surface area contributed by atoms with E-state index < -0.39 is 0 Å². The molecule has 2 N–H and O–H groups in total. The van der Waals surface area contributed by atoms with Crippen molar-refractivity contribution in [1.29, 1.82) is 0 Å². The number of aryl methyl sites for hydroxylation is 3. The molecule has 0 atom stereocenters. The van der Waals surface area contributed by atoms with Gasteiger partial charge in [-0.05, 0) is 50.3 Å². The zero-order valence-electron chi connectivity index (χ0n) is 15.7. The Labute approximate surface area is 168 Å². The Morgan fingerprint density at radius 1 is 1.24 bits per heavy atom. The number of H-pyrrole nitrogens is 1. The van der Waals surface area contributed by atoms with Gasteiger partial charge in [0.2, 0.25) is 0 Å². The molecule has 25 heavy (non-hydrogen) atoms. The van der Waals surface area contributed by atoms with Crippen molar-refractivity contribution in [1.82, 2.24) is 20.4 Å². The van der Waals surface area contributed by atoms with Crippen molar-refractivity contribution in [2.24, 2.45) is 4.99 Å². The maximum atomic E-state index is 4.77. The van der Waals surface area contributed by atoms with E-state index in [-0.39, 0.29) is 24.0 Å². The molecule has 2 rings (SSSR count). The van der Waals surface area contributed by atoms with Crippen LogP contribution in [-0.2, 0) is 13.0 Å². The van der Waals surface area contributed by atoms with Crippen molar-refractivity contribution in [3.63, 3.8) is 0 Å². The summed E-state index contributed by atoms with van der Waals surface area (Å²) in [6.07, 6.45) is 3.94. The van der Waals surface area contributed by atoms with Crippen molar-refractivity contribution in [2.45, 2.75) is 40.2 Å². The Kier molecular flexibility index (Phi) is 9.55. The SMILES string of the molecule is CCNC(=NCCCc1cn[nH]c1C)N(C)Cc1ccccc1C.I. The standard InChI is InChI=1S/C19H29N5.HI/c1-5-20-19(21-12-8-11-17-13-22-23-16(17)3)24(4)14-18-10-7-6-9-15(18)2;/h6-7,9-10,13H,5,8,11-12,14H2,1-4H3,(H,20,21)(H,22,23);1H. The average Bonchev–Trinajstić information content (AvgIpc) is 2.97. The van der Waals surface area contributed by atoms with E-state index in [0.29, 0.717) is 0 Å². The van der Waals surface area contributed by atoms with Gasteiger partial charge in [0.1, 0.15) is 0 Å². The number of hydrogen-bond donors (Lipinski definition) is 2. The van der Waals surface area contributed by atoms with Gasteiger partial charge in [0.05, 0.1) is 6.20 Å². The first-order chi connectivity index (χ1) is 11.6. The monoisotopic (exact) mass is 455 g/mol. The van der Waals surface area contributed by atoms with Crippen LogP contribution in [0.2, 0.25) is 0 Å². The van der Waals surface area contributed by atoms with E-state index in [9.17, 15) is 0 Å². The number of aliphatic imine (C=N–C) groups is 1. The van der Waals surface area contributed by atoms with E-state index in [2.05, 4.69) is 72.5 Å². The smallest absolute Gasteiger partial charge is 0.193 e. The number of nitrogens with zero attached hydrogens (tertiary/aromatic N) is 3. The van der Waals surface area contributed by atoms with Gasteiger partial charge in [0.15, 0.2) is 5.96 Å². The lowest BCUT2D eigenvalue weighted by Crippen LogP contribution is -2.38. The summed E-state index contributed by atoms with van der Waals surface area (Å²) < 4.78 is 0. The third-order valence-corrected chi connectivity index (χ3v) is 4.17. The number of halogens is 1. The van der Waals surface area contributed by atoms with Crippen LogP contribution in [0.15, 0.2) is 35.5 Å². The molecule has 138 valence electrons. The molecular weight excluding hydrogens is 425 g/mol. The Bertz CT molecular complexity index is 665. The van der Waals surface area contributed by atoms with E-state index in [1.54, 1.807) is 0 Å². The van der Waals surface area contributed by atoms with Gasteiger partial charge in [-0.3, -0.25) is 10.1 Å². The van der Waals surface area contributed by atoms with Crippen LogP contribution in [0.5, 0.6) is 0 Å². The van der Waals surface area contributed by atoms with Crippen molar-refractivity contribution in [3.8, 4) is 0 Å². The van der Waals surface area contributed by atoms with Gasteiger partial charge in [-0.25, -0.2) is 0 Å². The number of benzene rings is 1. The van der Waals surface area contributed by atoms with E-state index in [1.165, 1.54) is 16.7 Å². The third-order valence-electron chi connectivity index (χ3n) is 4.17. The minimum Gasteiger partial charge on any atom is -0.357 e. The maximum absolute atomic E-state index is 4.77. The quantitative estimate of drug-likeness (QED) is 0.290. The molecule has 2 aromatic rings. The molecule has 0 aliphatic carbocycles. The maximum Gasteiger partial charge on any atom is 0.193 e. The zero-order valence-corrected chi connectivity index (χ0v) is 18.0. The fourth-order valence-electron chi connectivity index (χ4n) is 2.67. The van der Waals surface area contributed by atoms with E-state index in [4.69, 9.17) is 4.99 Å². The Morgan fingerprint density at radius 3 is 2.64 bits per heavy atom. The minimum absolute atomic E-state index is 0. The first-order valence-electron chi connectivity index (χ1n) is 8.64. The Hall–Kier alpha value is -1.57. The van der Waals surface area contributed by atoms with Crippen LogP contribution in [-0.4, -0.2) is 41.2 Å². The third kappa shape index (κ3) is 6.68. The fraction of sp³-hybridized carbons (Fsp3) is 0.474. The van der Waals surface area contributed by atoms with Gasteiger partial charge in [-0.2, -0.15) is 5.10 Å². The fourth-order valence-corrected chi connectivity index (χ4v) is 2.67. The van der Waals surface area contributed by atoms with Crippen LogP contribution in [0.4, 0.5) is 0 Å². The molecule has 0 amide bonds. The van der Waals surface area contributed by atoms with Crippen molar-refractivity contribution in [2.75, 3.05) is 20.1 Å². The Morgan fingerprint density at radius 2 is 2.00 bits per heavy atom. The zero-order chi connectivity index (χ0) is 17.4. The van der Waals surface area contributed by atoms with Crippen molar-refractivity contribution < 1.29 is 0 Å². The lowest BCUT2D eigenvalue weighted by molar-refractivity contribution is 0.475. The summed E-state index contributed by atoms with van der Waals surface area (Å²) in [5, 5.41) is 10.4. The number of rotatable bonds is 7. The van der Waals surface area contributed by atoms with Gasteiger partial charge >= 0.3 is 0 Å². The highest BCUT2D eigenvalue weighted by Crippen LogP contribution is 2.10. The highest BCUT2D eigenvalue weighted by atomic mass is 127. The number of hydrogen-bond acceptors (Lipinski definition) is 2. The van der Waals surface area contributed by atoms with E-state index in [1.807, 2.05) is 6.20 Å². The number of nitrogens with one attached hydrogen (secondary N) is 2. The molecule has 0 fully saturated rings. The topological polar surface area (TPSA) is 56.3 Å². The normalized spacial score (nSPS) is 11.1. The molecule has 1 heterocycles. The first kappa shape index (κ1) is 21.5. The summed E-state index contributed by atoms with van der Waals surface area (Å²) in [4.78, 5) is 6.96. The average molecular weight is 455 g/mol. The first-order valence-corrected chi connectivity index (χ1v) is 8.64. The minimum atomic E-state index is 0. The summed E-state index contributed by atoms with van der Waals surface area (Å²) in [6, 6.07) is 8.50. The second kappa shape index (κ2) is 11.1. The molecule has 0 aliphatic rings. The van der Waals surface area contributed by atoms with Crippen molar-refractivity contribution >= 4 is 29.9 Å². The lowest BCUT2D eigenvalue weighted by atomic mass is 10.1. The molecule has 1 aromatic heterocycles. The van der Waals surface area contributed by atoms with Gasteiger partial charge in [-0.1, -0.05) is 24.3 Å². The van der Waals surface area contributed by atoms with Gasteiger partial charge in [0.25, 0.3) is 0 Å². The van der Waals surface area contributed by atoms with Gasteiger partial charge < -0.3 is 10.2 Å². The van der Waals surface area contributed by atoms with Crippen LogP contribution in [0, 0.1) is 13.8 Å². The highest BCUT2D eigenvalue weighted by molar-refractivity contribution is 14.0. The highest BCUT2D eigenvalue weighted by Gasteiger charge is 2.08. The van der Waals surface area contributed by atoms with Crippen LogP contribution >= 0.6 is 24.0 Å². The lowest BCUT2D eigenvalue weighted by Gasteiger charge is -2.23.